The number of hydrogen-bond donors (Lipinski definition) is 1. The van der Waals surface area contributed by atoms with Crippen LogP contribution in [0.25, 0.3) is 10.8 Å². The van der Waals surface area contributed by atoms with Crippen LogP contribution >= 0.6 is 0 Å². The van der Waals surface area contributed by atoms with Gasteiger partial charge in [-0.3, -0.25) is 0 Å². The zero-order valence-corrected chi connectivity index (χ0v) is 10.1. The molecular formula is C14H12O4. The third-order valence-corrected chi connectivity index (χ3v) is 3.40. The summed E-state index contributed by atoms with van der Waals surface area (Å²) in [6.07, 6.45) is 0. The van der Waals surface area contributed by atoms with Crippen LogP contribution in [-0.4, -0.2) is 18.2 Å². The molecule has 0 unspecified atom stereocenters. The van der Waals surface area contributed by atoms with Gasteiger partial charge in [-0.2, -0.15) is 0 Å². The maximum Gasteiger partial charge on any atom is 0.338 e. The molecule has 18 heavy (non-hydrogen) atoms. The minimum absolute atomic E-state index is 0.0956. The summed E-state index contributed by atoms with van der Waals surface area (Å²) in [5, 5.41) is 11.6. The lowest BCUT2D eigenvalue weighted by Crippen LogP contribution is -1.95. The Bertz CT molecular complexity index is 673. The number of esters is 1. The van der Waals surface area contributed by atoms with Gasteiger partial charge in [-0.1, -0.05) is 0 Å². The lowest BCUT2D eigenvalue weighted by Gasteiger charge is -2.10. The molecule has 4 heteroatoms. The second-order valence-electron chi connectivity index (χ2n) is 4.35. The zero-order valence-electron chi connectivity index (χ0n) is 10.1. The maximum atomic E-state index is 11.6. The number of methoxy groups -OCH3 is 1. The molecular weight excluding hydrogens is 232 g/mol. The number of aromatic hydroxyl groups is 1. The molecule has 0 saturated carbocycles. The third kappa shape index (κ3) is 1.35. The molecule has 0 bridgehead atoms. The Balaban J connectivity index is 2.38. The number of carbonyl (C=O) groups is 1. The summed E-state index contributed by atoms with van der Waals surface area (Å²) in [4.78, 5) is 11.6. The van der Waals surface area contributed by atoms with Gasteiger partial charge in [-0.15, -0.1) is 0 Å². The van der Waals surface area contributed by atoms with Crippen LogP contribution < -0.4 is 4.74 Å². The molecule has 92 valence electrons. The van der Waals surface area contributed by atoms with Gasteiger partial charge in [0.1, 0.15) is 6.61 Å². The smallest absolute Gasteiger partial charge is 0.338 e. The van der Waals surface area contributed by atoms with Crippen LogP contribution in [0.3, 0.4) is 0 Å². The number of ether oxygens (including phenoxy) is 2. The van der Waals surface area contributed by atoms with Crippen LogP contribution in [-0.2, 0) is 11.3 Å². The van der Waals surface area contributed by atoms with Crippen LogP contribution in [0.2, 0.25) is 0 Å². The van der Waals surface area contributed by atoms with Crippen molar-refractivity contribution in [2.75, 3.05) is 7.11 Å². The van der Waals surface area contributed by atoms with Crippen molar-refractivity contribution in [3.8, 4) is 11.5 Å². The van der Waals surface area contributed by atoms with Crippen LogP contribution in [0.15, 0.2) is 18.2 Å². The van der Waals surface area contributed by atoms with E-state index in [0.717, 1.165) is 21.9 Å². The fourth-order valence-corrected chi connectivity index (χ4v) is 2.38. The standard InChI is InChI=1S/C14H12O4/c1-7-9-5-12(15)13(17-2)4-8(9)3-10-11(7)6-18-14(10)16/h3-5,15H,6H2,1-2H3. The topological polar surface area (TPSA) is 55.8 Å². The van der Waals surface area contributed by atoms with Crippen molar-refractivity contribution in [1.29, 1.82) is 0 Å². The minimum atomic E-state index is -0.290. The van der Waals surface area contributed by atoms with Crippen molar-refractivity contribution in [1.82, 2.24) is 0 Å². The van der Waals surface area contributed by atoms with E-state index in [9.17, 15) is 9.90 Å². The molecule has 0 radical (unpaired) electrons. The van der Waals surface area contributed by atoms with Gasteiger partial charge in [0, 0.05) is 5.56 Å². The second kappa shape index (κ2) is 3.63. The number of rotatable bonds is 1. The molecule has 0 atom stereocenters. The van der Waals surface area contributed by atoms with E-state index in [1.807, 2.05) is 6.92 Å². The minimum Gasteiger partial charge on any atom is -0.504 e. The highest BCUT2D eigenvalue weighted by atomic mass is 16.5. The molecule has 0 amide bonds. The second-order valence-corrected chi connectivity index (χ2v) is 4.35. The van der Waals surface area contributed by atoms with Gasteiger partial charge in [0.05, 0.1) is 12.7 Å². The van der Waals surface area contributed by atoms with E-state index in [-0.39, 0.29) is 11.7 Å². The SMILES string of the molecule is COc1cc2cc3c(c(C)c2cc1O)COC3=O. The predicted octanol–water partition coefficient (Wildman–Crippen LogP) is 2.53. The van der Waals surface area contributed by atoms with Gasteiger partial charge < -0.3 is 14.6 Å². The van der Waals surface area contributed by atoms with Crippen LogP contribution in [0.4, 0.5) is 0 Å². The summed E-state index contributed by atoms with van der Waals surface area (Å²) in [7, 11) is 1.50. The number of phenolic OH excluding ortho intramolecular Hbond substituents is 1. The van der Waals surface area contributed by atoms with Crippen molar-refractivity contribution >= 4 is 16.7 Å². The Kier molecular flexibility index (Phi) is 2.20. The number of phenols is 1. The summed E-state index contributed by atoms with van der Waals surface area (Å²) in [6.45, 7) is 2.23. The number of hydrogen-bond acceptors (Lipinski definition) is 4. The van der Waals surface area contributed by atoms with Gasteiger partial charge in [0.15, 0.2) is 11.5 Å². The Labute approximate surface area is 104 Å². The summed E-state index contributed by atoms with van der Waals surface area (Å²) in [5.41, 5.74) is 2.47. The number of cyclic esters (lactones) is 1. The van der Waals surface area contributed by atoms with Crippen molar-refractivity contribution in [3.05, 3.63) is 34.9 Å². The van der Waals surface area contributed by atoms with Crippen LogP contribution in [0, 0.1) is 6.92 Å². The number of fused-ring (bicyclic) bond motifs is 2. The summed E-state index contributed by atoms with van der Waals surface area (Å²) in [5.74, 6) is 0.202. The molecule has 0 aliphatic carbocycles. The average Bonchev–Trinajstić information content (AvgIpc) is 2.72. The quantitative estimate of drug-likeness (QED) is 0.783. The summed E-state index contributed by atoms with van der Waals surface area (Å²) < 4.78 is 10.1. The Hall–Kier alpha value is -2.23. The Morgan fingerprint density at radius 2 is 2.11 bits per heavy atom. The first-order chi connectivity index (χ1) is 8.61. The third-order valence-electron chi connectivity index (χ3n) is 3.40. The van der Waals surface area contributed by atoms with E-state index in [0.29, 0.717) is 17.9 Å². The molecule has 1 heterocycles. The van der Waals surface area contributed by atoms with Crippen molar-refractivity contribution in [2.45, 2.75) is 13.5 Å². The zero-order chi connectivity index (χ0) is 12.9. The lowest BCUT2D eigenvalue weighted by atomic mass is 9.96. The average molecular weight is 244 g/mol. The molecule has 3 rings (SSSR count). The molecule has 2 aromatic rings. The van der Waals surface area contributed by atoms with Crippen LogP contribution in [0.5, 0.6) is 11.5 Å². The molecule has 2 aromatic carbocycles. The summed E-state index contributed by atoms with van der Waals surface area (Å²) in [6, 6.07) is 5.17. The van der Waals surface area contributed by atoms with Gasteiger partial charge in [-0.05, 0) is 41.5 Å². The first-order valence-corrected chi connectivity index (χ1v) is 5.62. The van der Waals surface area contributed by atoms with Crippen molar-refractivity contribution in [3.63, 3.8) is 0 Å². The molecule has 1 aliphatic heterocycles. The van der Waals surface area contributed by atoms with E-state index in [1.165, 1.54) is 7.11 Å². The van der Waals surface area contributed by atoms with E-state index in [4.69, 9.17) is 9.47 Å². The fraction of sp³-hybridized carbons (Fsp3) is 0.214. The first kappa shape index (κ1) is 10.9. The van der Waals surface area contributed by atoms with E-state index in [2.05, 4.69) is 0 Å². The van der Waals surface area contributed by atoms with E-state index < -0.39 is 0 Å². The maximum absolute atomic E-state index is 11.6. The molecule has 0 saturated heterocycles. The van der Waals surface area contributed by atoms with Crippen molar-refractivity contribution in [2.24, 2.45) is 0 Å². The lowest BCUT2D eigenvalue weighted by molar-refractivity contribution is 0.0535. The Morgan fingerprint density at radius 1 is 1.33 bits per heavy atom. The van der Waals surface area contributed by atoms with Crippen LogP contribution in [0.1, 0.15) is 21.5 Å². The normalized spacial score (nSPS) is 13.6. The van der Waals surface area contributed by atoms with Gasteiger partial charge in [0.25, 0.3) is 0 Å². The molecule has 4 nitrogen and oxygen atoms in total. The largest absolute Gasteiger partial charge is 0.504 e. The number of benzene rings is 2. The number of aryl methyl sites for hydroxylation is 1. The molecule has 0 aromatic heterocycles. The molecule has 1 aliphatic rings. The highest BCUT2D eigenvalue weighted by Gasteiger charge is 2.24. The highest BCUT2D eigenvalue weighted by Crippen LogP contribution is 2.36. The highest BCUT2D eigenvalue weighted by molar-refractivity contribution is 6.01. The fourth-order valence-electron chi connectivity index (χ4n) is 2.38. The van der Waals surface area contributed by atoms with E-state index in [1.54, 1.807) is 18.2 Å². The molecule has 1 N–H and O–H groups in total. The van der Waals surface area contributed by atoms with Gasteiger partial charge in [-0.25, -0.2) is 4.79 Å². The van der Waals surface area contributed by atoms with Gasteiger partial charge >= 0.3 is 5.97 Å². The number of carbonyl (C=O) groups excluding carboxylic acids is 1. The first-order valence-electron chi connectivity index (χ1n) is 5.62. The van der Waals surface area contributed by atoms with Gasteiger partial charge in [0.2, 0.25) is 0 Å². The van der Waals surface area contributed by atoms with Crippen molar-refractivity contribution < 1.29 is 19.4 Å². The molecule has 0 spiro atoms. The Morgan fingerprint density at radius 3 is 2.83 bits per heavy atom. The molecule has 0 fully saturated rings. The summed E-state index contributed by atoms with van der Waals surface area (Å²) >= 11 is 0. The van der Waals surface area contributed by atoms with E-state index >= 15 is 0 Å². The monoisotopic (exact) mass is 244 g/mol. The predicted molar refractivity (Wildman–Crippen MR) is 66.0 cm³/mol.